The molecule has 2 heterocycles. The average molecular weight is 237 g/mol. The van der Waals surface area contributed by atoms with E-state index in [0.29, 0.717) is 0 Å². The van der Waals surface area contributed by atoms with Gasteiger partial charge in [0.05, 0.1) is 12.8 Å². The SMILES string of the molecule is COC(=O)C1CCN1Cc1c(C)nn(C)c1C. The Morgan fingerprint density at radius 1 is 1.53 bits per heavy atom. The summed E-state index contributed by atoms with van der Waals surface area (Å²) in [5.74, 6) is -0.129. The van der Waals surface area contributed by atoms with E-state index in [4.69, 9.17) is 4.74 Å². The first-order valence-corrected chi connectivity index (χ1v) is 5.85. The molecule has 1 saturated heterocycles. The van der Waals surface area contributed by atoms with E-state index in [1.165, 1.54) is 12.7 Å². The first kappa shape index (κ1) is 12.1. The van der Waals surface area contributed by atoms with Crippen LogP contribution in [0, 0.1) is 13.8 Å². The van der Waals surface area contributed by atoms with Crippen LogP contribution in [-0.2, 0) is 23.1 Å². The number of ether oxygens (including phenoxy) is 1. The highest BCUT2D eigenvalue weighted by atomic mass is 16.5. The van der Waals surface area contributed by atoms with Gasteiger partial charge in [-0.3, -0.25) is 14.4 Å². The lowest BCUT2D eigenvalue weighted by Gasteiger charge is -2.38. The fourth-order valence-corrected chi connectivity index (χ4v) is 2.28. The van der Waals surface area contributed by atoms with Crippen molar-refractivity contribution in [2.75, 3.05) is 13.7 Å². The van der Waals surface area contributed by atoms with Crippen LogP contribution < -0.4 is 0 Å². The van der Waals surface area contributed by atoms with Crippen LogP contribution >= 0.6 is 0 Å². The molecule has 0 saturated carbocycles. The van der Waals surface area contributed by atoms with Crippen molar-refractivity contribution in [2.45, 2.75) is 32.9 Å². The first-order chi connectivity index (χ1) is 8.04. The molecule has 0 spiro atoms. The van der Waals surface area contributed by atoms with E-state index < -0.39 is 0 Å². The highest BCUT2D eigenvalue weighted by Gasteiger charge is 2.35. The second-order valence-electron chi connectivity index (χ2n) is 4.57. The van der Waals surface area contributed by atoms with Gasteiger partial charge in [-0.05, 0) is 20.3 Å². The third-order valence-corrected chi connectivity index (χ3v) is 3.62. The third-order valence-electron chi connectivity index (χ3n) is 3.62. The minimum atomic E-state index is -0.129. The van der Waals surface area contributed by atoms with Gasteiger partial charge in [0.1, 0.15) is 6.04 Å². The molecule has 5 heteroatoms. The molecule has 0 amide bonds. The summed E-state index contributed by atoms with van der Waals surface area (Å²) >= 11 is 0. The molecule has 1 atom stereocenters. The number of esters is 1. The van der Waals surface area contributed by atoms with Gasteiger partial charge in [0.2, 0.25) is 0 Å². The van der Waals surface area contributed by atoms with E-state index in [9.17, 15) is 4.79 Å². The Labute approximate surface area is 101 Å². The molecule has 17 heavy (non-hydrogen) atoms. The zero-order chi connectivity index (χ0) is 12.6. The molecule has 1 aromatic heterocycles. The molecule has 1 unspecified atom stereocenters. The molecule has 94 valence electrons. The molecule has 2 rings (SSSR count). The van der Waals surface area contributed by atoms with Crippen molar-refractivity contribution >= 4 is 5.97 Å². The molecule has 0 N–H and O–H groups in total. The number of aromatic nitrogens is 2. The van der Waals surface area contributed by atoms with Crippen LogP contribution in [0.25, 0.3) is 0 Å². The summed E-state index contributed by atoms with van der Waals surface area (Å²) in [6, 6.07) is -0.0704. The van der Waals surface area contributed by atoms with Crippen molar-refractivity contribution in [3.8, 4) is 0 Å². The van der Waals surface area contributed by atoms with Crippen LogP contribution in [-0.4, -0.2) is 40.3 Å². The van der Waals surface area contributed by atoms with Crippen molar-refractivity contribution in [3.63, 3.8) is 0 Å². The molecular weight excluding hydrogens is 218 g/mol. The lowest BCUT2D eigenvalue weighted by atomic mass is 10.0. The summed E-state index contributed by atoms with van der Waals surface area (Å²) in [4.78, 5) is 13.6. The number of hydrogen-bond donors (Lipinski definition) is 0. The number of aryl methyl sites for hydroxylation is 2. The van der Waals surface area contributed by atoms with Crippen molar-refractivity contribution in [1.82, 2.24) is 14.7 Å². The predicted octanol–water partition coefficient (Wildman–Crippen LogP) is 0.784. The van der Waals surface area contributed by atoms with Crippen LogP contribution in [0.1, 0.15) is 23.4 Å². The van der Waals surface area contributed by atoms with Gasteiger partial charge in [0.15, 0.2) is 0 Å². The van der Waals surface area contributed by atoms with Gasteiger partial charge >= 0.3 is 5.97 Å². The molecule has 0 bridgehead atoms. The quantitative estimate of drug-likeness (QED) is 0.729. The van der Waals surface area contributed by atoms with Crippen LogP contribution in [0.5, 0.6) is 0 Å². The van der Waals surface area contributed by atoms with Crippen LogP contribution in [0.2, 0.25) is 0 Å². The normalized spacial score (nSPS) is 20.1. The van der Waals surface area contributed by atoms with Crippen LogP contribution in [0.4, 0.5) is 0 Å². The zero-order valence-corrected chi connectivity index (χ0v) is 10.9. The summed E-state index contributed by atoms with van der Waals surface area (Å²) < 4.78 is 6.67. The van der Waals surface area contributed by atoms with Crippen LogP contribution in [0.3, 0.4) is 0 Å². The van der Waals surface area contributed by atoms with Gasteiger partial charge in [-0.25, -0.2) is 0 Å². The van der Waals surface area contributed by atoms with E-state index in [1.54, 1.807) is 0 Å². The van der Waals surface area contributed by atoms with Crippen molar-refractivity contribution in [3.05, 3.63) is 17.0 Å². The standard InChI is InChI=1S/C12H19N3O2/c1-8-10(9(2)14(3)13-8)7-15-6-5-11(15)12(16)17-4/h11H,5-7H2,1-4H3. The maximum atomic E-state index is 11.5. The Morgan fingerprint density at radius 3 is 2.65 bits per heavy atom. The number of carbonyl (C=O) groups is 1. The molecule has 1 aliphatic rings. The second kappa shape index (κ2) is 4.49. The molecule has 0 aromatic carbocycles. The number of likely N-dealkylation sites (tertiary alicyclic amines) is 1. The Balaban J connectivity index is 2.09. The molecule has 1 aromatic rings. The number of hydrogen-bond acceptors (Lipinski definition) is 4. The highest BCUT2D eigenvalue weighted by molar-refractivity contribution is 5.76. The topological polar surface area (TPSA) is 47.4 Å². The molecule has 0 aliphatic carbocycles. The van der Waals surface area contributed by atoms with E-state index >= 15 is 0 Å². The Hall–Kier alpha value is -1.36. The monoisotopic (exact) mass is 237 g/mol. The lowest BCUT2D eigenvalue weighted by molar-refractivity contribution is -0.152. The second-order valence-corrected chi connectivity index (χ2v) is 4.57. The molecule has 1 fully saturated rings. The first-order valence-electron chi connectivity index (χ1n) is 5.85. The molecule has 0 radical (unpaired) electrons. The highest BCUT2D eigenvalue weighted by Crippen LogP contribution is 2.24. The fraction of sp³-hybridized carbons (Fsp3) is 0.667. The largest absolute Gasteiger partial charge is 0.468 e. The molecular formula is C12H19N3O2. The zero-order valence-electron chi connectivity index (χ0n) is 10.9. The smallest absolute Gasteiger partial charge is 0.323 e. The van der Waals surface area contributed by atoms with Gasteiger partial charge in [-0.2, -0.15) is 5.10 Å². The van der Waals surface area contributed by atoms with Gasteiger partial charge in [0.25, 0.3) is 0 Å². The predicted molar refractivity (Wildman–Crippen MR) is 63.5 cm³/mol. The van der Waals surface area contributed by atoms with Crippen molar-refractivity contribution in [1.29, 1.82) is 0 Å². The number of methoxy groups -OCH3 is 1. The lowest BCUT2D eigenvalue weighted by Crippen LogP contribution is -2.52. The van der Waals surface area contributed by atoms with E-state index in [2.05, 4.69) is 16.9 Å². The Morgan fingerprint density at radius 2 is 2.24 bits per heavy atom. The summed E-state index contributed by atoms with van der Waals surface area (Å²) in [6.45, 7) is 5.80. The van der Waals surface area contributed by atoms with Gasteiger partial charge in [0, 0.05) is 31.4 Å². The minimum absolute atomic E-state index is 0.0704. The van der Waals surface area contributed by atoms with Gasteiger partial charge in [-0.15, -0.1) is 0 Å². The summed E-state index contributed by atoms with van der Waals surface area (Å²) in [7, 11) is 3.39. The van der Waals surface area contributed by atoms with E-state index in [1.807, 2.05) is 18.7 Å². The third kappa shape index (κ3) is 2.07. The Bertz CT molecular complexity index is 439. The summed E-state index contributed by atoms with van der Waals surface area (Å²) in [5.41, 5.74) is 3.43. The van der Waals surface area contributed by atoms with E-state index in [0.717, 1.165) is 30.9 Å². The van der Waals surface area contributed by atoms with Gasteiger partial charge < -0.3 is 4.74 Å². The van der Waals surface area contributed by atoms with Crippen molar-refractivity contribution in [2.24, 2.45) is 7.05 Å². The van der Waals surface area contributed by atoms with Crippen LogP contribution in [0.15, 0.2) is 0 Å². The summed E-state index contributed by atoms with van der Waals surface area (Å²) in [5, 5.41) is 4.39. The van der Waals surface area contributed by atoms with Gasteiger partial charge in [-0.1, -0.05) is 0 Å². The summed E-state index contributed by atoms with van der Waals surface area (Å²) in [6.07, 6.45) is 0.894. The molecule has 1 aliphatic heterocycles. The Kier molecular flexibility index (Phi) is 3.19. The number of nitrogens with zero attached hydrogens (tertiary/aromatic N) is 3. The maximum Gasteiger partial charge on any atom is 0.323 e. The number of rotatable bonds is 3. The maximum absolute atomic E-state index is 11.5. The average Bonchev–Trinajstić information content (AvgIpc) is 2.49. The fourth-order valence-electron chi connectivity index (χ4n) is 2.28. The molecule has 5 nitrogen and oxygen atoms in total. The minimum Gasteiger partial charge on any atom is -0.468 e. The van der Waals surface area contributed by atoms with E-state index in [-0.39, 0.29) is 12.0 Å². The van der Waals surface area contributed by atoms with Crippen molar-refractivity contribution < 1.29 is 9.53 Å². The number of carbonyl (C=O) groups excluding carboxylic acids is 1.